The number of amides is 1. The van der Waals surface area contributed by atoms with E-state index in [0.29, 0.717) is 13.1 Å². The lowest BCUT2D eigenvalue weighted by Gasteiger charge is -2.35. The average molecular weight is 382 g/mol. The topological polar surface area (TPSA) is 67.6 Å². The molecule has 24 heavy (non-hydrogen) atoms. The van der Waals surface area contributed by atoms with Crippen LogP contribution in [0.15, 0.2) is 24.3 Å². The molecule has 1 fully saturated rings. The minimum atomic E-state index is -0.247. The average Bonchev–Trinajstić information content (AvgIpc) is 2.53. The van der Waals surface area contributed by atoms with Crippen molar-refractivity contribution in [1.82, 2.24) is 5.32 Å². The predicted octanol–water partition coefficient (Wildman–Crippen LogP) is 2.12. The summed E-state index contributed by atoms with van der Waals surface area (Å²) in [7, 11) is 1.55. The zero-order valence-corrected chi connectivity index (χ0v) is 15.4. The number of nitrogens with zero attached hydrogens (tertiary/aromatic N) is 1. The maximum Gasteiger partial charge on any atom is 0.222 e. The highest BCUT2D eigenvalue weighted by Gasteiger charge is 2.22. The Balaban J connectivity index is 0.00000264. The molecule has 2 atom stereocenters. The molecule has 0 bridgehead atoms. The van der Waals surface area contributed by atoms with E-state index in [0.717, 1.165) is 25.1 Å². The van der Waals surface area contributed by atoms with Crippen LogP contribution in [0.25, 0.3) is 0 Å². The number of nitrogens with one attached hydrogen (secondary N) is 1. The number of ether oxygens (including phenoxy) is 1. The largest absolute Gasteiger partial charge is 0.380 e. The van der Waals surface area contributed by atoms with Crippen molar-refractivity contribution < 1.29 is 13.9 Å². The Morgan fingerprint density at radius 2 is 2.25 bits per heavy atom. The molecule has 0 aromatic heterocycles. The SMILES string of the molecule is COC(CN)CC(=O)NC1CCCN(c2cccc(F)c2)C1.Cl.Cl. The van der Waals surface area contributed by atoms with Crippen molar-refractivity contribution in [3.8, 4) is 0 Å². The van der Waals surface area contributed by atoms with Crippen LogP contribution >= 0.6 is 24.8 Å². The summed E-state index contributed by atoms with van der Waals surface area (Å²) < 4.78 is 18.5. The molecular weight excluding hydrogens is 356 g/mol. The second-order valence-corrected chi connectivity index (χ2v) is 5.63. The summed E-state index contributed by atoms with van der Waals surface area (Å²) >= 11 is 0. The van der Waals surface area contributed by atoms with E-state index in [1.807, 2.05) is 6.07 Å². The van der Waals surface area contributed by atoms with E-state index in [1.165, 1.54) is 12.1 Å². The van der Waals surface area contributed by atoms with Crippen LogP contribution in [0, 0.1) is 5.82 Å². The van der Waals surface area contributed by atoms with Crippen molar-refractivity contribution in [2.75, 3.05) is 31.6 Å². The molecule has 0 spiro atoms. The molecule has 1 aliphatic heterocycles. The first kappa shape index (κ1) is 22.9. The molecule has 1 amide bonds. The Morgan fingerprint density at radius 3 is 2.88 bits per heavy atom. The molecule has 0 saturated carbocycles. The van der Waals surface area contributed by atoms with E-state index in [2.05, 4.69) is 10.2 Å². The number of carbonyl (C=O) groups excluding carboxylic acids is 1. The van der Waals surface area contributed by atoms with Crippen LogP contribution < -0.4 is 16.0 Å². The number of methoxy groups -OCH3 is 1. The maximum atomic E-state index is 13.3. The number of nitrogens with two attached hydrogens (primary N) is 1. The zero-order valence-electron chi connectivity index (χ0n) is 13.7. The third kappa shape index (κ3) is 6.81. The van der Waals surface area contributed by atoms with Crippen molar-refractivity contribution in [3.63, 3.8) is 0 Å². The van der Waals surface area contributed by atoms with Gasteiger partial charge in [0.05, 0.1) is 12.5 Å². The van der Waals surface area contributed by atoms with Crippen molar-refractivity contribution in [1.29, 1.82) is 0 Å². The minimum absolute atomic E-state index is 0. The molecule has 138 valence electrons. The third-order valence-corrected chi connectivity index (χ3v) is 3.97. The van der Waals surface area contributed by atoms with Crippen LogP contribution in [0.1, 0.15) is 19.3 Å². The van der Waals surface area contributed by atoms with Crippen molar-refractivity contribution >= 4 is 36.4 Å². The quantitative estimate of drug-likeness (QED) is 0.791. The van der Waals surface area contributed by atoms with E-state index in [-0.39, 0.29) is 55.1 Å². The maximum absolute atomic E-state index is 13.3. The summed E-state index contributed by atoms with van der Waals surface area (Å²) in [6.45, 7) is 1.89. The van der Waals surface area contributed by atoms with Crippen LogP contribution in [0.4, 0.5) is 10.1 Å². The second-order valence-electron chi connectivity index (χ2n) is 5.63. The standard InChI is InChI=1S/C16H24FN3O2.2ClH/c1-22-15(10-18)9-16(21)19-13-5-3-7-20(11-13)14-6-2-4-12(17)8-14;;/h2,4,6,8,13,15H,3,5,7,9-11,18H2,1H3,(H,19,21);2*1H. The van der Waals surface area contributed by atoms with E-state index in [1.54, 1.807) is 13.2 Å². The van der Waals surface area contributed by atoms with Crippen LogP contribution in [-0.2, 0) is 9.53 Å². The lowest BCUT2D eigenvalue weighted by Crippen LogP contribution is -2.48. The van der Waals surface area contributed by atoms with Gasteiger partial charge in [-0.05, 0) is 31.0 Å². The van der Waals surface area contributed by atoms with Gasteiger partial charge in [0, 0.05) is 38.5 Å². The van der Waals surface area contributed by atoms with Gasteiger partial charge in [-0.15, -0.1) is 24.8 Å². The lowest BCUT2D eigenvalue weighted by molar-refractivity contribution is -0.124. The molecular formula is C16H26Cl2FN3O2. The lowest BCUT2D eigenvalue weighted by atomic mass is 10.0. The fourth-order valence-electron chi connectivity index (χ4n) is 2.76. The predicted molar refractivity (Wildman–Crippen MR) is 98.7 cm³/mol. The molecule has 2 rings (SSSR count). The highest BCUT2D eigenvalue weighted by atomic mass is 35.5. The first-order valence-corrected chi connectivity index (χ1v) is 7.65. The fraction of sp³-hybridized carbons (Fsp3) is 0.562. The van der Waals surface area contributed by atoms with Crippen molar-refractivity contribution in [2.24, 2.45) is 5.73 Å². The number of hydrogen-bond donors (Lipinski definition) is 2. The summed E-state index contributed by atoms with van der Waals surface area (Å²) in [5.74, 6) is -0.294. The number of benzene rings is 1. The van der Waals surface area contributed by atoms with Gasteiger partial charge in [0.25, 0.3) is 0 Å². The van der Waals surface area contributed by atoms with E-state index < -0.39 is 0 Å². The first-order chi connectivity index (χ1) is 10.6. The Labute approximate surface area is 154 Å². The summed E-state index contributed by atoms with van der Waals surface area (Å²) in [6, 6.07) is 6.63. The number of piperidine rings is 1. The summed E-state index contributed by atoms with van der Waals surface area (Å²) in [5, 5.41) is 3.02. The number of hydrogen-bond acceptors (Lipinski definition) is 4. The normalized spacial score (nSPS) is 18.1. The number of anilines is 1. The van der Waals surface area contributed by atoms with Gasteiger partial charge >= 0.3 is 0 Å². The van der Waals surface area contributed by atoms with E-state index >= 15 is 0 Å². The van der Waals surface area contributed by atoms with Gasteiger partial charge in [0.2, 0.25) is 5.91 Å². The van der Waals surface area contributed by atoms with Gasteiger partial charge in [-0.25, -0.2) is 4.39 Å². The number of carbonyl (C=O) groups is 1. The number of halogens is 3. The number of rotatable bonds is 6. The third-order valence-electron chi connectivity index (χ3n) is 3.97. The smallest absolute Gasteiger partial charge is 0.222 e. The van der Waals surface area contributed by atoms with Crippen molar-refractivity contribution in [3.05, 3.63) is 30.1 Å². The molecule has 0 radical (unpaired) electrons. The monoisotopic (exact) mass is 381 g/mol. The van der Waals surface area contributed by atoms with Gasteiger partial charge in [-0.1, -0.05) is 6.07 Å². The first-order valence-electron chi connectivity index (χ1n) is 7.65. The molecule has 1 aromatic carbocycles. The Bertz CT molecular complexity index is 504. The van der Waals surface area contributed by atoms with Gasteiger partial charge in [0.1, 0.15) is 5.82 Å². The van der Waals surface area contributed by atoms with E-state index in [4.69, 9.17) is 10.5 Å². The van der Waals surface area contributed by atoms with Gasteiger partial charge < -0.3 is 20.7 Å². The molecule has 1 aliphatic rings. The zero-order chi connectivity index (χ0) is 15.9. The second kappa shape index (κ2) is 11.5. The molecule has 0 aliphatic carbocycles. The fourth-order valence-corrected chi connectivity index (χ4v) is 2.76. The Morgan fingerprint density at radius 1 is 1.50 bits per heavy atom. The Hall–Kier alpha value is -1.08. The van der Waals surface area contributed by atoms with Gasteiger partial charge in [0.15, 0.2) is 0 Å². The molecule has 5 nitrogen and oxygen atoms in total. The minimum Gasteiger partial charge on any atom is -0.380 e. The molecule has 3 N–H and O–H groups in total. The van der Waals surface area contributed by atoms with Crippen LogP contribution in [0.2, 0.25) is 0 Å². The Kier molecular flexibility index (Phi) is 11.0. The van der Waals surface area contributed by atoms with Gasteiger partial charge in [-0.2, -0.15) is 0 Å². The molecule has 1 saturated heterocycles. The molecule has 8 heteroatoms. The molecule has 2 unspecified atom stereocenters. The summed E-state index contributed by atoms with van der Waals surface area (Å²) in [6.07, 6.45) is 1.91. The van der Waals surface area contributed by atoms with Gasteiger partial charge in [-0.3, -0.25) is 4.79 Å². The molecule has 1 aromatic rings. The van der Waals surface area contributed by atoms with Crippen LogP contribution in [-0.4, -0.2) is 44.8 Å². The highest BCUT2D eigenvalue weighted by Crippen LogP contribution is 2.20. The molecule has 1 heterocycles. The van der Waals surface area contributed by atoms with Crippen LogP contribution in [0.5, 0.6) is 0 Å². The summed E-state index contributed by atoms with van der Waals surface area (Å²) in [4.78, 5) is 14.1. The van der Waals surface area contributed by atoms with Crippen molar-refractivity contribution in [2.45, 2.75) is 31.4 Å². The highest BCUT2D eigenvalue weighted by molar-refractivity contribution is 5.85. The van der Waals surface area contributed by atoms with Crippen LogP contribution in [0.3, 0.4) is 0 Å². The summed E-state index contributed by atoms with van der Waals surface area (Å²) in [5.41, 5.74) is 6.39. The van der Waals surface area contributed by atoms with E-state index in [9.17, 15) is 9.18 Å².